The minimum Gasteiger partial charge on any atom is -0.409 e. The second kappa shape index (κ2) is 11.8. The third kappa shape index (κ3) is 6.70. The number of hydrogen-bond acceptors (Lipinski definition) is 8. The molecular formula is C24H22F7N3O6. The van der Waals surface area contributed by atoms with Gasteiger partial charge in [-0.2, -0.15) is 26.3 Å². The normalized spacial score (nSPS) is 22.1. The summed E-state index contributed by atoms with van der Waals surface area (Å²) in [6.07, 6.45) is -17.1. The number of rotatable bonds is 6. The zero-order valence-corrected chi connectivity index (χ0v) is 20.3. The summed E-state index contributed by atoms with van der Waals surface area (Å²) in [4.78, 5) is 17.2. The van der Waals surface area contributed by atoms with Crippen molar-refractivity contribution in [3.63, 3.8) is 0 Å². The maximum atomic E-state index is 14.0. The molecule has 0 aromatic heterocycles. The molecule has 1 fully saturated rings. The van der Waals surface area contributed by atoms with Crippen LogP contribution in [-0.4, -0.2) is 65.8 Å². The number of ether oxygens (including phenoxy) is 2. The van der Waals surface area contributed by atoms with E-state index in [4.69, 9.17) is 15.2 Å². The molecule has 0 saturated carbocycles. The average molecular weight is 581 g/mol. The fraction of sp³-hybridized carbons (Fsp3) is 0.333. The van der Waals surface area contributed by atoms with Crippen LogP contribution < -0.4 is 15.4 Å². The zero-order valence-electron chi connectivity index (χ0n) is 20.3. The fourth-order valence-corrected chi connectivity index (χ4v) is 3.61. The minimum absolute atomic E-state index is 0.0195. The number of nitrogens with two attached hydrogens (primary N) is 1. The van der Waals surface area contributed by atoms with Gasteiger partial charge in [-0.15, -0.1) is 0 Å². The van der Waals surface area contributed by atoms with Gasteiger partial charge in [0.05, 0.1) is 17.7 Å². The van der Waals surface area contributed by atoms with Crippen LogP contribution >= 0.6 is 0 Å². The largest absolute Gasteiger partial charge is 0.420 e. The number of nitrogens with zero attached hydrogens (tertiary/aromatic N) is 2. The molecule has 1 saturated heterocycles. The molecule has 1 heterocycles. The van der Waals surface area contributed by atoms with Gasteiger partial charge >= 0.3 is 18.4 Å². The quantitative estimate of drug-likeness (QED) is 0.304. The monoisotopic (exact) mass is 581 g/mol. The van der Waals surface area contributed by atoms with Gasteiger partial charge in [-0.25, -0.2) is 9.18 Å². The Balaban J connectivity index is 2.12. The molecule has 40 heavy (non-hydrogen) atoms. The van der Waals surface area contributed by atoms with E-state index < -0.39 is 83.4 Å². The summed E-state index contributed by atoms with van der Waals surface area (Å²) in [6, 6.07) is 4.11. The molecule has 1 amide bonds. The maximum absolute atomic E-state index is 14.0. The van der Waals surface area contributed by atoms with Crippen molar-refractivity contribution in [2.24, 2.45) is 10.7 Å². The summed E-state index contributed by atoms with van der Waals surface area (Å²) in [5, 5.41) is 29.1. The van der Waals surface area contributed by atoms with Gasteiger partial charge in [0.1, 0.15) is 24.1 Å². The second-order valence-corrected chi connectivity index (χ2v) is 8.43. The van der Waals surface area contributed by atoms with Crippen molar-refractivity contribution in [2.75, 3.05) is 18.6 Å². The van der Waals surface area contributed by atoms with E-state index >= 15 is 0 Å². The Kier molecular flexibility index (Phi) is 9.08. The number of carbonyl (C=O) groups is 1. The van der Waals surface area contributed by atoms with E-state index in [2.05, 4.69) is 4.99 Å². The molecule has 218 valence electrons. The third-order valence-corrected chi connectivity index (χ3v) is 5.77. The molecule has 16 heteroatoms. The molecule has 1 aliphatic heterocycles. The highest BCUT2D eigenvalue weighted by Gasteiger charge is 2.43. The molecule has 0 radical (unpaired) electrons. The number of benzene rings is 2. The van der Waals surface area contributed by atoms with Gasteiger partial charge in [0.15, 0.2) is 12.0 Å². The number of alkyl halides is 6. The highest BCUT2D eigenvalue weighted by atomic mass is 19.4. The van der Waals surface area contributed by atoms with Gasteiger partial charge in [0.25, 0.3) is 0 Å². The number of aliphatic imine (C=N–C) groups is 1. The second-order valence-electron chi connectivity index (χ2n) is 8.43. The molecule has 0 aliphatic carbocycles. The lowest BCUT2D eigenvalue weighted by Gasteiger charge is -2.22. The molecule has 0 spiro atoms. The van der Waals surface area contributed by atoms with Crippen molar-refractivity contribution in [3.05, 3.63) is 65.1 Å². The van der Waals surface area contributed by atoms with Gasteiger partial charge in [-0.3, -0.25) is 9.89 Å². The molecular weight excluding hydrogens is 559 g/mol. The number of carbonyl (C=O) groups excluding carboxylic acids is 1. The summed E-state index contributed by atoms with van der Waals surface area (Å²) < 4.78 is 106. The molecule has 1 aliphatic rings. The van der Waals surface area contributed by atoms with Crippen LogP contribution in [-0.2, 0) is 17.1 Å². The number of allylic oxidation sites excluding steroid dienone is 1. The lowest BCUT2D eigenvalue weighted by Crippen LogP contribution is -2.33. The zero-order chi connectivity index (χ0) is 30.0. The minimum atomic E-state index is -5.46. The van der Waals surface area contributed by atoms with Crippen LogP contribution in [0.25, 0.3) is 5.57 Å². The van der Waals surface area contributed by atoms with Gasteiger partial charge in [-0.1, -0.05) is 0 Å². The standard InChI is InChI=1S/C24H22F7N3O6/c1-34(14-4-2-13(25)3-5-14)22(38)40-20-15(6-12(23(26,27)28)7-16(20)24(29,30)31)11(8-32)9-33-21-19(37)18(36)17(10-35)39-21/h2-9,17-19,21,35-37H,10,32H2,1H3/b11-8+,33-9+. The summed E-state index contributed by atoms with van der Waals surface area (Å²) in [5.41, 5.74) is 0.157. The highest BCUT2D eigenvalue weighted by molar-refractivity contribution is 6.11. The van der Waals surface area contributed by atoms with E-state index in [1.807, 2.05) is 0 Å². The molecule has 9 nitrogen and oxygen atoms in total. The first-order chi connectivity index (χ1) is 18.6. The summed E-state index contributed by atoms with van der Waals surface area (Å²) >= 11 is 0. The van der Waals surface area contributed by atoms with Crippen molar-refractivity contribution in [2.45, 2.75) is 36.9 Å². The Labute approximate surface area is 221 Å². The topological polar surface area (TPSA) is 138 Å². The van der Waals surface area contributed by atoms with Crippen LogP contribution in [0.5, 0.6) is 5.75 Å². The number of aliphatic hydroxyl groups excluding tert-OH is 3. The predicted molar refractivity (Wildman–Crippen MR) is 126 cm³/mol. The summed E-state index contributed by atoms with van der Waals surface area (Å²) in [7, 11) is 1.06. The third-order valence-electron chi connectivity index (χ3n) is 5.77. The Morgan fingerprint density at radius 3 is 2.23 bits per heavy atom. The van der Waals surface area contributed by atoms with Crippen LogP contribution in [0.15, 0.2) is 47.6 Å². The Bertz CT molecular complexity index is 1280. The van der Waals surface area contributed by atoms with Crippen molar-refractivity contribution < 1.29 is 60.3 Å². The Morgan fingerprint density at radius 2 is 1.73 bits per heavy atom. The van der Waals surface area contributed by atoms with E-state index in [1.54, 1.807) is 0 Å². The number of aliphatic hydroxyl groups is 3. The number of halogens is 7. The summed E-state index contributed by atoms with van der Waals surface area (Å²) in [5.74, 6) is -2.04. The van der Waals surface area contributed by atoms with Crippen molar-refractivity contribution in [1.82, 2.24) is 0 Å². The Morgan fingerprint density at radius 1 is 1.10 bits per heavy atom. The van der Waals surface area contributed by atoms with Crippen molar-refractivity contribution >= 4 is 23.6 Å². The summed E-state index contributed by atoms with van der Waals surface area (Å²) in [6.45, 7) is -0.728. The van der Waals surface area contributed by atoms with Gasteiger partial charge < -0.3 is 30.5 Å². The van der Waals surface area contributed by atoms with Crippen LogP contribution in [0.3, 0.4) is 0 Å². The lowest BCUT2D eigenvalue weighted by atomic mass is 9.98. The number of hydrogen-bond donors (Lipinski definition) is 4. The SMILES string of the molecule is CN(C(=O)Oc1c(C(=C/N)/C=N/C2OC(CO)C(O)C2O)cc(C(F)(F)F)cc1C(F)(F)F)c1ccc(F)cc1. The molecule has 4 atom stereocenters. The van der Waals surface area contributed by atoms with E-state index in [1.165, 1.54) is 0 Å². The van der Waals surface area contributed by atoms with Crippen LogP contribution in [0.4, 0.5) is 41.2 Å². The first kappa shape index (κ1) is 30.8. The molecule has 2 aromatic rings. The van der Waals surface area contributed by atoms with Crippen molar-refractivity contribution in [3.8, 4) is 5.75 Å². The fourth-order valence-electron chi connectivity index (χ4n) is 3.61. The van der Waals surface area contributed by atoms with Crippen LogP contribution in [0, 0.1) is 5.82 Å². The number of anilines is 1. The van der Waals surface area contributed by atoms with Crippen molar-refractivity contribution in [1.29, 1.82) is 0 Å². The molecule has 3 rings (SSSR count). The molecule has 4 unspecified atom stereocenters. The van der Waals surface area contributed by atoms with E-state index in [9.17, 15) is 50.8 Å². The van der Waals surface area contributed by atoms with Crippen LogP contribution in [0.2, 0.25) is 0 Å². The number of amides is 1. The average Bonchev–Trinajstić information content (AvgIpc) is 3.16. The molecule has 2 aromatic carbocycles. The maximum Gasteiger partial charge on any atom is 0.420 e. The molecule has 0 bridgehead atoms. The Hall–Kier alpha value is -3.73. The van der Waals surface area contributed by atoms with E-state index in [0.717, 1.165) is 31.3 Å². The first-order valence-corrected chi connectivity index (χ1v) is 11.2. The first-order valence-electron chi connectivity index (χ1n) is 11.2. The van der Waals surface area contributed by atoms with Gasteiger partial charge in [-0.05, 0) is 36.4 Å². The van der Waals surface area contributed by atoms with E-state index in [-0.39, 0.29) is 17.8 Å². The van der Waals surface area contributed by atoms with E-state index in [0.29, 0.717) is 17.3 Å². The smallest absolute Gasteiger partial charge is 0.409 e. The lowest BCUT2D eigenvalue weighted by molar-refractivity contribution is -0.143. The van der Waals surface area contributed by atoms with Gasteiger partial charge in [0, 0.05) is 36.3 Å². The predicted octanol–water partition coefficient (Wildman–Crippen LogP) is 3.31. The van der Waals surface area contributed by atoms with Gasteiger partial charge in [0.2, 0.25) is 0 Å². The van der Waals surface area contributed by atoms with Crippen LogP contribution in [0.1, 0.15) is 16.7 Å². The molecule has 5 N–H and O–H groups in total. The highest BCUT2D eigenvalue weighted by Crippen LogP contribution is 2.44.